The average Bonchev–Trinajstić information content (AvgIpc) is 3.41. The zero-order valence-electron chi connectivity index (χ0n) is 23.8. The summed E-state index contributed by atoms with van der Waals surface area (Å²) in [5, 5.41) is 10.3. The molecule has 2 fully saturated rings. The molecule has 13 heteroatoms. The second-order valence-corrected chi connectivity index (χ2v) is 10.8. The summed E-state index contributed by atoms with van der Waals surface area (Å²) < 4.78 is 51.2. The van der Waals surface area contributed by atoms with E-state index in [2.05, 4.69) is 42.1 Å². The van der Waals surface area contributed by atoms with Crippen LogP contribution in [-0.4, -0.2) is 83.5 Å². The average molecular weight is 588 g/mol. The number of halogens is 3. The van der Waals surface area contributed by atoms with Crippen LogP contribution in [-0.2, 0) is 15.7 Å². The summed E-state index contributed by atoms with van der Waals surface area (Å²) in [7, 11) is 0. The van der Waals surface area contributed by atoms with Crippen molar-refractivity contribution < 1.29 is 27.2 Å². The van der Waals surface area contributed by atoms with Crippen molar-refractivity contribution in [2.75, 3.05) is 49.5 Å². The number of aromatic nitrogens is 3. The minimum atomic E-state index is -4.50. The van der Waals surface area contributed by atoms with Gasteiger partial charge in [0.15, 0.2) is 5.76 Å². The molecule has 1 aromatic carbocycles. The second-order valence-electron chi connectivity index (χ2n) is 10.8. The van der Waals surface area contributed by atoms with Gasteiger partial charge in [-0.05, 0) is 51.3 Å². The topological polar surface area (TPSA) is 109 Å². The van der Waals surface area contributed by atoms with E-state index in [-0.39, 0.29) is 35.8 Å². The van der Waals surface area contributed by atoms with Crippen LogP contribution in [0.25, 0.3) is 10.9 Å². The second kappa shape index (κ2) is 12.7. The number of nitrogens with one attached hydrogen (secondary N) is 2. The largest absolute Gasteiger partial charge is 0.416 e. The van der Waals surface area contributed by atoms with E-state index in [1.54, 1.807) is 6.08 Å². The van der Waals surface area contributed by atoms with E-state index < -0.39 is 11.7 Å². The maximum atomic E-state index is 13.3. The number of amides is 1. The van der Waals surface area contributed by atoms with Crippen molar-refractivity contribution in [1.82, 2.24) is 25.3 Å². The van der Waals surface area contributed by atoms with Gasteiger partial charge in [0, 0.05) is 37.6 Å². The number of hydrogen-bond acceptors (Lipinski definition) is 9. The Morgan fingerprint density at radius 3 is 2.79 bits per heavy atom. The van der Waals surface area contributed by atoms with Gasteiger partial charge in [-0.1, -0.05) is 11.2 Å². The van der Waals surface area contributed by atoms with Gasteiger partial charge in [-0.2, -0.15) is 13.2 Å². The molecule has 42 heavy (non-hydrogen) atoms. The molecule has 3 atom stereocenters. The molecule has 2 N–H and O–H groups in total. The van der Waals surface area contributed by atoms with Crippen molar-refractivity contribution in [3.63, 3.8) is 0 Å². The number of anilines is 2. The number of carbonyl (C=O) groups excluding carboxylic acids is 1. The highest BCUT2D eigenvalue weighted by Gasteiger charge is 2.38. The van der Waals surface area contributed by atoms with Gasteiger partial charge in [0.25, 0.3) is 0 Å². The van der Waals surface area contributed by atoms with Crippen LogP contribution >= 0.6 is 0 Å². The lowest BCUT2D eigenvalue weighted by atomic mass is 10.1. The van der Waals surface area contributed by atoms with Gasteiger partial charge >= 0.3 is 6.18 Å². The van der Waals surface area contributed by atoms with Crippen LogP contribution < -0.4 is 15.5 Å². The lowest BCUT2D eigenvalue weighted by Gasteiger charge is -2.27. The molecule has 3 aromatic rings. The fourth-order valence-electron chi connectivity index (χ4n) is 5.99. The molecule has 2 aliphatic rings. The standard InChI is InChI=1S/C29H36F3N7O3/c1-4-12-41-25-16-39(21-6-5-10-38(11-9-21)27-18(2)37-42-19(27)3)15-24(25)36-26(40)14-33-28-22-13-20(29(30,31)32)7-8-23(22)34-17-35-28/h4,7-8,13,17,21,24-25H,1,5-6,9-12,14-16H2,2-3H3,(H,36,40)(H,33,34,35)/t21?,24?,25-/m0/s1. The fourth-order valence-corrected chi connectivity index (χ4v) is 5.99. The minimum Gasteiger partial charge on any atom is -0.371 e. The van der Waals surface area contributed by atoms with Crippen molar-refractivity contribution in [1.29, 1.82) is 0 Å². The molecule has 2 saturated heterocycles. The molecular weight excluding hydrogens is 551 g/mol. The molecule has 0 radical (unpaired) electrons. The highest BCUT2D eigenvalue weighted by Crippen LogP contribution is 2.33. The fraction of sp³-hybridized carbons (Fsp3) is 0.517. The molecule has 10 nitrogen and oxygen atoms in total. The monoisotopic (exact) mass is 587 g/mol. The molecule has 2 aromatic heterocycles. The highest BCUT2D eigenvalue weighted by molar-refractivity contribution is 5.91. The number of ether oxygens (including phenoxy) is 1. The quantitative estimate of drug-likeness (QED) is 0.358. The lowest BCUT2D eigenvalue weighted by Crippen LogP contribution is -2.46. The van der Waals surface area contributed by atoms with E-state index in [1.807, 2.05) is 13.8 Å². The summed E-state index contributed by atoms with van der Waals surface area (Å²) in [6.45, 7) is 11.0. The zero-order valence-corrected chi connectivity index (χ0v) is 23.8. The first-order valence-corrected chi connectivity index (χ1v) is 14.1. The van der Waals surface area contributed by atoms with Gasteiger partial charge in [0.05, 0.1) is 36.4 Å². The molecule has 2 aliphatic heterocycles. The van der Waals surface area contributed by atoms with Crippen LogP contribution in [0.15, 0.2) is 41.7 Å². The molecule has 2 unspecified atom stereocenters. The van der Waals surface area contributed by atoms with Gasteiger partial charge in [-0.25, -0.2) is 9.97 Å². The number of carbonyl (C=O) groups is 1. The molecule has 4 heterocycles. The van der Waals surface area contributed by atoms with Crippen LogP contribution in [0.4, 0.5) is 24.7 Å². The van der Waals surface area contributed by atoms with Crippen LogP contribution in [0, 0.1) is 13.8 Å². The Hall–Kier alpha value is -3.71. The van der Waals surface area contributed by atoms with Gasteiger partial charge in [0.1, 0.15) is 23.5 Å². The Kier molecular flexibility index (Phi) is 8.97. The minimum absolute atomic E-state index is 0.162. The third kappa shape index (κ3) is 6.67. The first-order valence-electron chi connectivity index (χ1n) is 14.1. The summed E-state index contributed by atoms with van der Waals surface area (Å²) in [6.07, 6.45) is 1.22. The van der Waals surface area contributed by atoms with Crippen LogP contribution in [0.1, 0.15) is 36.3 Å². The number of aryl methyl sites for hydroxylation is 2. The number of hydrogen-bond donors (Lipinski definition) is 2. The Morgan fingerprint density at radius 1 is 1.21 bits per heavy atom. The summed E-state index contributed by atoms with van der Waals surface area (Å²) in [4.78, 5) is 25.9. The Labute approximate surface area is 242 Å². The summed E-state index contributed by atoms with van der Waals surface area (Å²) in [6, 6.07) is 3.34. The van der Waals surface area contributed by atoms with Crippen molar-refractivity contribution >= 4 is 28.3 Å². The maximum absolute atomic E-state index is 13.3. The van der Waals surface area contributed by atoms with E-state index in [0.717, 1.165) is 61.6 Å². The normalized spacial score (nSPS) is 21.8. The number of rotatable bonds is 9. The van der Waals surface area contributed by atoms with Crippen LogP contribution in [0.2, 0.25) is 0 Å². The molecule has 0 bridgehead atoms. The number of alkyl halides is 3. The van der Waals surface area contributed by atoms with Gasteiger partial charge in [-0.3, -0.25) is 9.69 Å². The molecule has 5 rings (SSSR count). The molecule has 0 saturated carbocycles. The molecule has 0 aliphatic carbocycles. The number of fused-ring (bicyclic) bond motifs is 1. The van der Waals surface area contributed by atoms with Crippen molar-refractivity contribution in [3.05, 3.63) is 54.2 Å². The third-order valence-corrected chi connectivity index (χ3v) is 7.97. The predicted octanol–water partition coefficient (Wildman–Crippen LogP) is 4.10. The van der Waals surface area contributed by atoms with Crippen molar-refractivity contribution in [2.45, 2.75) is 57.5 Å². The lowest BCUT2D eigenvalue weighted by molar-refractivity contribution is -0.137. The van der Waals surface area contributed by atoms with E-state index in [1.165, 1.54) is 12.4 Å². The van der Waals surface area contributed by atoms with E-state index in [0.29, 0.717) is 31.3 Å². The summed E-state index contributed by atoms with van der Waals surface area (Å²) >= 11 is 0. The summed E-state index contributed by atoms with van der Waals surface area (Å²) in [5.41, 5.74) is 1.52. The number of benzene rings is 1. The zero-order chi connectivity index (χ0) is 29.9. The first-order chi connectivity index (χ1) is 20.1. The highest BCUT2D eigenvalue weighted by atomic mass is 19.4. The predicted molar refractivity (Wildman–Crippen MR) is 152 cm³/mol. The van der Waals surface area contributed by atoms with Crippen molar-refractivity contribution in [2.24, 2.45) is 0 Å². The third-order valence-electron chi connectivity index (χ3n) is 7.97. The van der Waals surface area contributed by atoms with Gasteiger partial charge in [0.2, 0.25) is 5.91 Å². The maximum Gasteiger partial charge on any atom is 0.416 e. The van der Waals surface area contributed by atoms with Crippen molar-refractivity contribution in [3.8, 4) is 0 Å². The molecule has 226 valence electrons. The molecule has 1 amide bonds. The van der Waals surface area contributed by atoms with Gasteiger partial charge < -0.3 is 24.8 Å². The van der Waals surface area contributed by atoms with E-state index in [4.69, 9.17) is 9.26 Å². The Bertz CT molecular complexity index is 1390. The Balaban J connectivity index is 1.21. The van der Waals surface area contributed by atoms with Crippen LogP contribution in [0.5, 0.6) is 0 Å². The van der Waals surface area contributed by atoms with Gasteiger partial charge in [-0.15, -0.1) is 6.58 Å². The summed E-state index contributed by atoms with van der Waals surface area (Å²) in [5.74, 6) is 0.686. The van der Waals surface area contributed by atoms with Crippen LogP contribution in [0.3, 0.4) is 0 Å². The Morgan fingerprint density at radius 2 is 2.05 bits per heavy atom. The van der Waals surface area contributed by atoms with E-state index in [9.17, 15) is 18.0 Å². The SMILES string of the molecule is C=CCO[C@H]1CN(C2CCCN(c3c(C)noc3C)CC2)CC1NC(=O)CNc1ncnc2ccc(C(F)(F)F)cc12. The number of likely N-dealkylation sites (tertiary alicyclic amines) is 1. The number of nitrogens with zero attached hydrogens (tertiary/aromatic N) is 5. The molecular formula is C29H36F3N7O3. The smallest absolute Gasteiger partial charge is 0.371 e. The van der Waals surface area contributed by atoms with E-state index >= 15 is 0 Å². The molecule has 0 spiro atoms. The first kappa shape index (κ1) is 29.8.